The Morgan fingerprint density at radius 1 is 1.18 bits per heavy atom. The average Bonchev–Trinajstić information content (AvgIpc) is 3.22. The van der Waals surface area contributed by atoms with E-state index in [2.05, 4.69) is 38.8 Å². The molecule has 3 rings (SSSR count). The van der Waals surface area contributed by atoms with Gasteiger partial charge in [-0.15, -0.1) is 0 Å². The second-order valence-electron chi connectivity index (χ2n) is 11.6. The summed E-state index contributed by atoms with van der Waals surface area (Å²) in [6, 6.07) is 3.67. The predicted molar refractivity (Wildman–Crippen MR) is 133 cm³/mol. The van der Waals surface area contributed by atoms with Gasteiger partial charge in [-0.2, -0.15) is 0 Å². The Morgan fingerprint density at radius 2 is 1.85 bits per heavy atom. The van der Waals surface area contributed by atoms with Crippen molar-refractivity contribution in [2.75, 3.05) is 6.54 Å². The Labute approximate surface area is 198 Å². The lowest BCUT2D eigenvalue weighted by molar-refractivity contribution is 0.0165. The lowest BCUT2D eigenvalue weighted by Gasteiger charge is -2.40. The van der Waals surface area contributed by atoms with Crippen molar-refractivity contribution in [3.8, 4) is 0 Å². The summed E-state index contributed by atoms with van der Waals surface area (Å²) in [4.78, 5) is 31.6. The van der Waals surface area contributed by atoms with Gasteiger partial charge in [-0.25, -0.2) is 9.78 Å². The van der Waals surface area contributed by atoms with Crippen LogP contribution in [0.25, 0.3) is 11.0 Å². The van der Waals surface area contributed by atoms with Gasteiger partial charge in [0.15, 0.2) is 8.32 Å². The van der Waals surface area contributed by atoms with Crippen LogP contribution in [0.2, 0.25) is 18.1 Å². The summed E-state index contributed by atoms with van der Waals surface area (Å²) in [5.74, 6) is -0.0885. The minimum Gasteiger partial charge on any atom is -0.444 e. The van der Waals surface area contributed by atoms with Crippen molar-refractivity contribution in [3.05, 3.63) is 30.1 Å². The highest BCUT2D eigenvalue weighted by molar-refractivity contribution is 6.74. The summed E-state index contributed by atoms with van der Waals surface area (Å²) in [5, 5.41) is 0.987. The molecule has 2 atom stereocenters. The minimum atomic E-state index is -2.06. The van der Waals surface area contributed by atoms with E-state index in [9.17, 15) is 9.59 Å². The predicted octanol–water partition coefficient (Wildman–Crippen LogP) is 5.64. The third kappa shape index (κ3) is 5.49. The molecule has 1 amide bonds. The first-order valence-electron chi connectivity index (χ1n) is 11.7. The van der Waals surface area contributed by atoms with E-state index in [0.717, 1.165) is 17.4 Å². The molecular formula is C25H39N3O4Si. The molecule has 0 saturated carbocycles. The molecule has 8 heteroatoms. The van der Waals surface area contributed by atoms with Crippen molar-refractivity contribution in [1.82, 2.24) is 14.5 Å². The maximum absolute atomic E-state index is 13.1. The van der Waals surface area contributed by atoms with Gasteiger partial charge in [0.1, 0.15) is 11.2 Å². The fourth-order valence-corrected chi connectivity index (χ4v) is 5.45. The Morgan fingerprint density at radius 3 is 2.42 bits per heavy atom. The largest absolute Gasteiger partial charge is 0.444 e. The Bertz CT molecular complexity index is 1030. The molecule has 0 bridgehead atoms. The van der Waals surface area contributed by atoms with Gasteiger partial charge in [0.05, 0.1) is 12.1 Å². The molecule has 0 N–H and O–H groups in total. The molecule has 3 heterocycles. The van der Waals surface area contributed by atoms with Crippen LogP contribution >= 0.6 is 0 Å². The topological polar surface area (TPSA) is 73.7 Å². The number of amides is 1. The van der Waals surface area contributed by atoms with Crippen LogP contribution in [0.5, 0.6) is 0 Å². The summed E-state index contributed by atoms with van der Waals surface area (Å²) in [7, 11) is -2.06. The van der Waals surface area contributed by atoms with Crippen LogP contribution in [0.3, 0.4) is 0 Å². The summed E-state index contributed by atoms with van der Waals surface area (Å²) in [5.41, 5.74) is 1.05. The molecule has 2 unspecified atom stereocenters. The molecule has 0 aromatic carbocycles. The second kappa shape index (κ2) is 8.87. The second-order valence-corrected chi connectivity index (χ2v) is 16.3. The number of hydrogen-bond donors (Lipinski definition) is 0. The van der Waals surface area contributed by atoms with E-state index in [4.69, 9.17) is 9.16 Å². The molecule has 0 aliphatic carbocycles. The van der Waals surface area contributed by atoms with Crippen molar-refractivity contribution in [2.24, 2.45) is 0 Å². The zero-order valence-electron chi connectivity index (χ0n) is 21.6. The van der Waals surface area contributed by atoms with E-state index in [1.54, 1.807) is 10.8 Å². The number of pyridine rings is 1. The lowest BCUT2D eigenvalue weighted by atomic mass is 10.0. The number of carbonyl (C=O) groups is 2. The van der Waals surface area contributed by atoms with Gasteiger partial charge in [0, 0.05) is 31.2 Å². The number of rotatable bonds is 4. The van der Waals surface area contributed by atoms with E-state index >= 15 is 0 Å². The monoisotopic (exact) mass is 473 g/mol. The highest BCUT2D eigenvalue weighted by Gasteiger charge is 2.46. The molecule has 33 heavy (non-hydrogen) atoms. The summed E-state index contributed by atoms with van der Waals surface area (Å²) in [6.45, 7) is 18.9. The van der Waals surface area contributed by atoms with Crippen molar-refractivity contribution in [2.45, 2.75) is 97.2 Å². The standard InChI is InChI=1S/C25H39N3O4Si/c1-17(29)28-16-18(19-11-10-13-26-22(19)28)15-20-21(32-33(8,9)25(5,6)7)12-14-27(20)23(30)31-24(2,3)4/h10-11,13,16,20-21H,12,14-15H2,1-9H3. The molecule has 2 aromatic rings. The van der Waals surface area contributed by atoms with Crippen LogP contribution < -0.4 is 0 Å². The normalized spacial score (nSPS) is 19.8. The number of carbonyl (C=O) groups excluding carboxylic acids is 2. The molecule has 7 nitrogen and oxygen atoms in total. The Kier molecular flexibility index (Phi) is 6.84. The first kappa shape index (κ1) is 25.4. The molecular weight excluding hydrogens is 434 g/mol. The fraction of sp³-hybridized carbons (Fsp3) is 0.640. The number of nitrogens with zero attached hydrogens (tertiary/aromatic N) is 3. The molecule has 1 fully saturated rings. The molecule has 182 valence electrons. The SMILES string of the molecule is CC(=O)n1cc(CC2C(O[Si](C)(C)C(C)(C)C)CCN2C(=O)OC(C)(C)C)c2cccnc21. The van der Waals surface area contributed by atoms with E-state index < -0.39 is 13.9 Å². The van der Waals surface area contributed by atoms with Crippen molar-refractivity contribution < 1.29 is 18.8 Å². The van der Waals surface area contributed by atoms with E-state index in [1.165, 1.54) is 6.92 Å². The maximum atomic E-state index is 13.1. The maximum Gasteiger partial charge on any atom is 0.410 e. The average molecular weight is 474 g/mol. The number of hydrogen-bond acceptors (Lipinski definition) is 5. The van der Waals surface area contributed by atoms with Crippen molar-refractivity contribution in [1.29, 1.82) is 0 Å². The molecule has 0 spiro atoms. The van der Waals surface area contributed by atoms with Gasteiger partial charge < -0.3 is 14.1 Å². The first-order valence-corrected chi connectivity index (χ1v) is 14.6. The molecule has 1 aliphatic rings. The number of fused-ring (bicyclic) bond motifs is 1. The Hall–Kier alpha value is -2.19. The van der Waals surface area contributed by atoms with Crippen LogP contribution in [0.4, 0.5) is 4.79 Å². The molecule has 1 saturated heterocycles. The van der Waals surface area contributed by atoms with E-state index in [-0.39, 0.29) is 29.2 Å². The van der Waals surface area contributed by atoms with Crippen molar-refractivity contribution in [3.63, 3.8) is 0 Å². The van der Waals surface area contributed by atoms with Crippen LogP contribution in [-0.4, -0.2) is 59.1 Å². The van der Waals surface area contributed by atoms with Gasteiger partial charge in [-0.1, -0.05) is 20.8 Å². The quantitative estimate of drug-likeness (QED) is 0.537. The van der Waals surface area contributed by atoms with Crippen LogP contribution in [-0.2, 0) is 15.6 Å². The first-order chi connectivity index (χ1) is 15.1. The van der Waals surface area contributed by atoms with Gasteiger partial charge in [0.25, 0.3) is 0 Å². The zero-order chi connectivity index (χ0) is 24.8. The number of aromatic nitrogens is 2. The molecule has 2 aromatic heterocycles. The summed E-state index contributed by atoms with van der Waals surface area (Å²) < 4.78 is 14.1. The third-order valence-corrected chi connectivity index (χ3v) is 11.3. The summed E-state index contributed by atoms with van der Waals surface area (Å²) in [6.07, 6.45) is 4.47. The van der Waals surface area contributed by atoms with E-state index in [0.29, 0.717) is 18.6 Å². The number of likely N-dealkylation sites (tertiary alicyclic amines) is 1. The third-order valence-electron chi connectivity index (χ3n) is 6.78. The fourth-order valence-electron chi connectivity index (χ4n) is 4.06. The van der Waals surface area contributed by atoms with Crippen LogP contribution in [0, 0.1) is 0 Å². The minimum absolute atomic E-state index is 0.0610. The smallest absolute Gasteiger partial charge is 0.410 e. The number of ether oxygens (including phenoxy) is 1. The van der Waals surface area contributed by atoms with Crippen molar-refractivity contribution >= 4 is 31.4 Å². The Balaban J connectivity index is 1.99. The van der Waals surface area contributed by atoms with Gasteiger partial charge in [-0.3, -0.25) is 9.36 Å². The molecule has 0 radical (unpaired) electrons. The van der Waals surface area contributed by atoms with Gasteiger partial charge >= 0.3 is 6.09 Å². The molecule has 1 aliphatic heterocycles. The van der Waals surface area contributed by atoms with Gasteiger partial charge in [0.2, 0.25) is 5.91 Å². The van der Waals surface area contributed by atoms with E-state index in [1.807, 2.05) is 44.0 Å². The summed E-state index contributed by atoms with van der Waals surface area (Å²) >= 11 is 0. The highest BCUT2D eigenvalue weighted by atomic mass is 28.4. The van der Waals surface area contributed by atoms with Crippen LogP contribution in [0.15, 0.2) is 24.5 Å². The lowest BCUT2D eigenvalue weighted by Crippen LogP contribution is -2.49. The van der Waals surface area contributed by atoms with Crippen LogP contribution in [0.1, 0.15) is 65.2 Å². The van der Waals surface area contributed by atoms with Gasteiger partial charge in [-0.05, 0) is 69.4 Å². The zero-order valence-corrected chi connectivity index (χ0v) is 22.6. The highest BCUT2D eigenvalue weighted by Crippen LogP contribution is 2.40.